The van der Waals surface area contributed by atoms with Crippen molar-refractivity contribution in [2.45, 2.75) is 31.9 Å². The molecule has 26 heavy (non-hydrogen) atoms. The predicted octanol–water partition coefficient (Wildman–Crippen LogP) is 1.75. The Morgan fingerprint density at radius 2 is 1.85 bits per heavy atom. The van der Waals surface area contributed by atoms with Gasteiger partial charge in [-0.15, -0.1) is 0 Å². The van der Waals surface area contributed by atoms with Gasteiger partial charge in [-0.2, -0.15) is 0 Å². The Balaban J connectivity index is 1.52. The molecule has 0 radical (unpaired) electrons. The number of hydrogen-bond acceptors (Lipinski definition) is 6. The van der Waals surface area contributed by atoms with Crippen LogP contribution in [-0.2, 0) is 11.3 Å². The van der Waals surface area contributed by atoms with Crippen molar-refractivity contribution in [2.75, 3.05) is 59.7 Å². The SMILES string of the molecule is COc1cc(CN2CCCOCC2)ccc1OCC(O)CN1CCCC1. The van der Waals surface area contributed by atoms with Crippen LogP contribution in [0.5, 0.6) is 11.5 Å². The maximum atomic E-state index is 10.2. The molecule has 6 nitrogen and oxygen atoms in total. The van der Waals surface area contributed by atoms with Crippen molar-refractivity contribution in [3.05, 3.63) is 23.8 Å². The van der Waals surface area contributed by atoms with E-state index in [1.807, 2.05) is 12.1 Å². The first kappa shape index (κ1) is 19.4. The van der Waals surface area contributed by atoms with E-state index in [0.29, 0.717) is 12.3 Å². The van der Waals surface area contributed by atoms with Gasteiger partial charge in [0.2, 0.25) is 0 Å². The van der Waals surface area contributed by atoms with Gasteiger partial charge in [0.1, 0.15) is 12.7 Å². The van der Waals surface area contributed by atoms with Crippen molar-refractivity contribution in [2.24, 2.45) is 0 Å². The van der Waals surface area contributed by atoms with Crippen molar-refractivity contribution in [1.29, 1.82) is 0 Å². The first-order valence-corrected chi connectivity index (χ1v) is 9.75. The highest BCUT2D eigenvalue weighted by molar-refractivity contribution is 5.43. The third-order valence-electron chi connectivity index (χ3n) is 5.05. The molecule has 2 heterocycles. The largest absolute Gasteiger partial charge is 0.493 e. The first-order valence-electron chi connectivity index (χ1n) is 9.75. The summed E-state index contributed by atoms with van der Waals surface area (Å²) in [5.74, 6) is 1.41. The molecule has 2 aliphatic heterocycles. The first-order chi connectivity index (χ1) is 12.7. The Bertz CT molecular complexity index is 541. The number of aliphatic hydroxyl groups is 1. The second-order valence-electron chi connectivity index (χ2n) is 7.20. The lowest BCUT2D eigenvalue weighted by Gasteiger charge is -2.21. The molecule has 0 spiro atoms. The van der Waals surface area contributed by atoms with Crippen LogP contribution in [0, 0.1) is 0 Å². The summed E-state index contributed by atoms with van der Waals surface area (Å²) in [6.45, 7) is 7.68. The van der Waals surface area contributed by atoms with E-state index in [0.717, 1.165) is 58.1 Å². The Morgan fingerprint density at radius 3 is 2.65 bits per heavy atom. The number of aliphatic hydroxyl groups excluding tert-OH is 1. The molecular formula is C20H32N2O4. The second-order valence-corrected chi connectivity index (χ2v) is 7.20. The van der Waals surface area contributed by atoms with E-state index in [9.17, 15) is 5.11 Å². The number of benzene rings is 1. The van der Waals surface area contributed by atoms with Crippen molar-refractivity contribution >= 4 is 0 Å². The minimum atomic E-state index is -0.477. The topological polar surface area (TPSA) is 54.4 Å². The minimum absolute atomic E-state index is 0.287. The van der Waals surface area contributed by atoms with Gasteiger partial charge in [0.05, 0.1) is 13.7 Å². The third-order valence-corrected chi connectivity index (χ3v) is 5.05. The van der Waals surface area contributed by atoms with Gasteiger partial charge in [-0.3, -0.25) is 4.90 Å². The van der Waals surface area contributed by atoms with Crippen LogP contribution in [0.3, 0.4) is 0 Å². The standard InChI is InChI=1S/C20H32N2O4/c1-24-20-13-17(14-22-9-4-11-25-12-10-22)5-6-19(20)26-16-18(23)15-21-7-2-3-8-21/h5-6,13,18,23H,2-4,7-12,14-16H2,1H3. The summed E-state index contributed by atoms with van der Waals surface area (Å²) in [4.78, 5) is 4.70. The highest BCUT2D eigenvalue weighted by Gasteiger charge is 2.17. The molecule has 6 heteroatoms. The van der Waals surface area contributed by atoms with E-state index in [1.54, 1.807) is 7.11 Å². The summed E-state index contributed by atoms with van der Waals surface area (Å²) < 4.78 is 16.8. The number of rotatable bonds is 8. The van der Waals surface area contributed by atoms with Crippen LogP contribution in [0.25, 0.3) is 0 Å². The van der Waals surface area contributed by atoms with Crippen LogP contribution in [-0.4, -0.2) is 80.7 Å². The highest BCUT2D eigenvalue weighted by Crippen LogP contribution is 2.29. The molecule has 1 atom stereocenters. The van der Waals surface area contributed by atoms with Crippen LogP contribution < -0.4 is 9.47 Å². The average Bonchev–Trinajstić information content (AvgIpc) is 3.02. The fraction of sp³-hybridized carbons (Fsp3) is 0.700. The molecule has 0 bridgehead atoms. The number of nitrogens with zero attached hydrogens (tertiary/aromatic N) is 2. The zero-order valence-electron chi connectivity index (χ0n) is 15.9. The second kappa shape index (κ2) is 10.1. The number of hydrogen-bond donors (Lipinski definition) is 1. The van der Waals surface area contributed by atoms with Crippen molar-refractivity contribution in [1.82, 2.24) is 9.80 Å². The van der Waals surface area contributed by atoms with Gasteiger partial charge in [0.15, 0.2) is 11.5 Å². The van der Waals surface area contributed by atoms with Crippen LogP contribution in [0.4, 0.5) is 0 Å². The van der Waals surface area contributed by atoms with Crippen LogP contribution in [0.2, 0.25) is 0 Å². The third kappa shape index (κ3) is 5.84. The summed E-state index contributed by atoms with van der Waals surface area (Å²) >= 11 is 0. The Labute approximate surface area is 156 Å². The molecule has 2 fully saturated rings. The van der Waals surface area contributed by atoms with Gasteiger partial charge < -0.3 is 24.2 Å². The molecule has 0 aromatic heterocycles. The van der Waals surface area contributed by atoms with E-state index >= 15 is 0 Å². The molecule has 3 rings (SSSR count). The van der Waals surface area contributed by atoms with Gasteiger partial charge in [-0.05, 0) is 50.0 Å². The average molecular weight is 364 g/mol. The lowest BCUT2D eigenvalue weighted by Crippen LogP contribution is -2.33. The van der Waals surface area contributed by atoms with Crippen LogP contribution in [0.15, 0.2) is 18.2 Å². The van der Waals surface area contributed by atoms with Crippen molar-refractivity contribution in [3.63, 3.8) is 0 Å². The monoisotopic (exact) mass is 364 g/mol. The molecule has 146 valence electrons. The smallest absolute Gasteiger partial charge is 0.161 e. The summed E-state index contributed by atoms with van der Waals surface area (Å²) in [7, 11) is 1.66. The number of ether oxygens (including phenoxy) is 3. The van der Waals surface area contributed by atoms with E-state index in [2.05, 4.69) is 15.9 Å². The van der Waals surface area contributed by atoms with E-state index < -0.39 is 6.10 Å². The molecule has 2 saturated heterocycles. The van der Waals surface area contributed by atoms with E-state index in [4.69, 9.17) is 14.2 Å². The molecule has 0 saturated carbocycles. The quantitative estimate of drug-likeness (QED) is 0.759. The summed E-state index contributed by atoms with van der Waals surface area (Å²) in [5.41, 5.74) is 1.20. The molecule has 1 N–H and O–H groups in total. The summed E-state index contributed by atoms with van der Waals surface area (Å²) in [6.07, 6.45) is 3.06. The fourth-order valence-corrected chi connectivity index (χ4v) is 3.65. The molecule has 1 aromatic rings. The van der Waals surface area contributed by atoms with Gasteiger partial charge in [0.25, 0.3) is 0 Å². The van der Waals surface area contributed by atoms with Gasteiger partial charge in [0, 0.05) is 32.8 Å². The molecule has 0 amide bonds. The molecule has 1 unspecified atom stereocenters. The molecule has 1 aromatic carbocycles. The molecular weight excluding hydrogens is 332 g/mol. The predicted molar refractivity (Wildman–Crippen MR) is 101 cm³/mol. The van der Waals surface area contributed by atoms with Crippen LogP contribution in [0.1, 0.15) is 24.8 Å². The molecule has 0 aliphatic carbocycles. The summed E-state index contributed by atoms with van der Waals surface area (Å²) in [6, 6.07) is 6.06. The fourth-order valence-electron chi connectivity index (χ4n) is 3.65. The normalized spacial score (nSPS) is 20.7. The van der Waals surface area contributed by atoms with E-state index in [1.165, 1.54) is 18.4 Å². The maximum absolute atomic E-state index is 10.2. The van der Waals surface area contributed by atoms with Crippen molar-refractivity contribution in [3.8, 4) is 11.5 Å². The Hall–Kier alpha value is -1.34. The number of β-amino-alcohol motifs (C(OH)–C–C–N with tert-alkyl or cyclic N) is 1. The van der Waals surface area contributed by atoms with E-state index in [-0.39, 0.29) is 6.61 Å². The van der Waals surface area contributed by atoms with Gasteiger partial charge >= 0.3 is 0 Å². The summed E-state index contributed by atoms with van der Waals surface area (Å²) in [5, 5.41) is 10.2. The lowest BCUT2D eigenvalue weighted by atomic mass is 10.2. The zero-order valence-corrected chi connectivity index (χ0v) is 15.9. The minimum Gasteiger partial charge on any atom is -0.493 e. The molecule has 2 aliphatic rings. The van der Waals surface area contributed by atoms with Crippen molar-refractivity contribution < 1.29 is 19.3 Å². The lowest BCUT2D eigenvalue weighted by molar-refractivity contribution is 0.0747. The Kier molecular flexibility index (Phi) is 7.55. The van der Waals surface area contributed by atoms with Crippen LogP contribution >= 0.6 is 0 Å². The number of methoxy groups -OCH3 is 1. The highest BCUT2D eigenvalue weighted by atomic mass is 16.5. The Morgan fingerprint density at radius 1 is 1.04 bits per heavy atom. The zero-order chi connectivity index (χ0) is 18.2. The number of likely N-dealkylation sites (tertiary alicyclic amines) is 1. The maximum Gasteiger partial charge on any atom is 0.161 e. The van der Waals surface area contributed by atoms with Gasteiger partial charge in [-0.25, -0.2) is 0 Å². The van der Waals surface area contributed by atoms with Gasteiger partial charge in [-0.1, -0.05) is 6.07 Å².